The van der Waals surface area contributed by atoms with Crippen molar-refractivity contribution in [2.24, 2.45) is 11.8 Å². The highest BCUT2D eigenvalue weighted by molar-refractivity contribution is 5.54. The molecule has 7 nitrogen and oxygen atoms in total. The van der Waals surface area contributed by atoms with E-state index in [1.807, 2.05) is 6.92 Å². The highest BCUT2D eigenvalue weighted by Crippen LogP contribution is 2.21. The lowest BCUT2D eigenvalue weighted by Crippen LogP contribution is -2.19. The molecule has 4 N–H and O–H groups in total. The van der Waals surface area contributed by atoms with Gasteiger partial charge in [0.05, 0.1) is 17.1 Å². The van der Waals surface area contributed by atoms with E-state index in [-0.39, 0.29) is 17.5 Å². The Morgan fingerprint density at radius 3 is 2.58 bits per heavy atom. The lowest BCUT2D eigenvalue weighted by molar-refractivity contribution is -0.384. The fourth-order valence-corrected chi connectivity index (χ4v) is 1.85. The summed E-state index contributed by atoms with van der Waals surface area (Å²) in [5.41, 5.74) is 2.29. The molecule has 0 aliphatic carbocycles. The van der Waals surface area contributed by atoms with E-state index in [4.69, 9.17) is 5.84 Å². The molecule has 0 spiro atoms. The summed E-state index contributed by atoms with van der Waals surface area (Å²) in [5.74, 6) is 6.58. The molecule has 2 atom stereocenters. The minimum absolute atomic E-state index is 0.0406. The van der Waals surface area contributed by atoms with Crippen molar-refractivity contribution < 1.29 is 4.92 Å². The van der Waals surface area contributed by atoms with Crippen molar-refractivity contribution in [3.05, 3.63) is 22.2 Å². The lowest BCUT2D eigenvalue weighted by Gasteiger charge is -2.18. The standard InChI is InChI=1S/C12H21N5O2/c1-4-8(2)5-9(3)14-11-6-10(17(18)19)7-12(15-11)16-13/h6-9H,4-5,13H2,1-3H3,(H2,14,15,16). The summed E-state index contributed by atoms with van der Waals surface area (Å²) in [6, 6.07) is 2.90. The molecule has 1 aromatic rings. The number of hydrazine groups is 1. The van der Waals surface area contributed by atoms with Crippen molar-refractivity contribution in [1.82, 2.24) is 4.98 Å². The molecule has 2 unspecified atom stereocenters. The first-order chi connectivity index (χ1) is 8.96. The molecule has 1 rings (SSSR count). The Kier molecular flexibility index (Phi) is 5.50. The summed E-state index contributed by atoms with van der Waals surface area (Å²) in [4.78, 5) is 14.5. The predicted molar refractivity (Wildman–Crippen MR) is 75.9 cm³/mol. The highest BCUT2D eigenvalue weighted by Gasteiger charge is 2.13. The number of rotatable bonds is 7. The number of hydrogen-bond acceptors (Lipinski definition) is 6. The molecule has 0 aromatic carbocycles. The molecule has 0 radical (unpaired) electrons. The maximum Gasteiger partial charge on any atom is 0.276 e. The van der Waals surface area contributed by atoms with Gasteiger partial charge in [0.1, 0.15) is 11.6 Å². The van der Waals surface area contributed by atoms with Gasteiger partial charge in [-0.2, -0.15) is 0 Å². The van der Waals surface area contributed by atoms with Gasteiger partial charge in [0.2, 0.25) is 0 Å². The van der Waals surface area contributed by atoms with Crippen LogP contribution in [0, 0.1) is 16.0 Å². The average molecular weight is 267 g/mol. The third kappa shape index (κ3) is 4.70. The molecular weight excluding hydrogens is 246 g/mol. The molecule has 106 valence electrons. The summed E-state index contributed by atoms with van der Waals surface area (Å²) in [5, 5.41) is 14.0. The molecule has 19 heavy (non-hydrogen) atoms. The van der Waals surface area contributed by atoms with Crippen LogP contribution in [-0.4, -0.2) is 15.9 Å². The van der Waals surface area contributed by atoms with Gasteiger partial charge in [-0.25, -0.2) is 10.8 Å². The first kappa shape index (κ1) is 15.2. The van der Waals surface area contributed by atoms with Gasteiger partial charge in [-0.05, 0) is 19.3 Å². The second-order valence-electron chi connectivity index (χ2n) is 4.79. The molecule has 0 saturated carbocycles. The number of nitrogens with two attached hydrogens (primary N) is 1. The zero-order valence-corrected chi connectivity index (χ0v) is 11.5. The Labute approximate surface area is 112 Å². The highest BCUT2D eigenvalue weighted by atomic mass is 16.6. The van der Waals surface area contributed by atoms with Gasteiger partial charge < -0.3 is 10.7 Å². The number of nitrogens with zero attached hydrogens (tertiary/aromatic N) is 2. The zero-order valence-electron chi connectivity index (χ0n) is 11.5. The van der Waals surface area contributed by atoms with Gasteiger partial charge in [-0.15, -0.1) is 0 Å². The van der Waals surface area contributed by atoms with Gasteiger partial charge in [0.15, 0.2) is 0 Å². The van der Waals surface area contributed by atoms with Crippen LogP contribution >= 0.6 is 0 Å². The Morgan fingerprint density at radius 1 is 1.42 bits per heavy atom. The van der Waals surface area contributed by atoms with Crippen molar-refractivity contribution >= 4 is 17.3 Å². The van der Waals surface area contributed by atoms with Crippen molar-refractivity contribution in [2.45, 2.75) is 39.7 Å². The van der Waals surface area contributed by atoms with Crippen molar-refractivity contribution in [3.63, 3.8) is 0 Å². The Bertz CT molecular complexity index is 438. The maximum atomic E-state index is 10.8. The third-order valence-corrected chi connectivity index (χ3v) is 3.02. The van der Waals surface area contributed by atoms with E-state index in [1.165, 1.54) is 12.1 Å². The van der Waals surface area contributed by atoms with Crippen LogP contribution in [-0.2, 0) is 0 Å². The van der Waals surface area contributed by atoms with E-state index in [0.29, 0.717) is 11.7 Å². The van der Waals surface area contributed by atoms with E-state index < -0.39 is 4.92 Å². The summed E-state index contributed by atoms with van der Waals surface area (Å²) in [7, 11) is 0. The fourth-order valence-electron chi connectivity index (χ4n) is 1.85. The summed E-state index contributed by atoms with van der Waals surface area (Å²) in [6.45, 7) is 6.34. The Balaban J connectivity index is 2.82. The van der Waals surface area contributed by atoms with Crippen LogP contribution in [0.25, 0.3) is 0 Å². The second-order valence-corrected chi connectivity index (χ2v) is 4.79. The van der Waals surface area contributed by atoms with Gasteiger partial charge >= 0.3 is 0 Å². The molecule has 0 amide bonds. The molecule has 0 saturated heterocycles. The van der Waals surface area contributed by atoms with Gasteiger partial charge in [-0.1, -0.05) is 20.3 Å². The maximum absolute atomic E-state index is 10.8. The molecule has 1 heterocycles. The minimum Gasteiger partial charge on any atom is -0.367 e. The summed E-state index contributed by atoms with van der Waals surface area (Å²) < 4.78 is 0. The second kappa shape index (κ2) is 6.89. The zero-order chi connectivity index (χ0) is 14.4. The minimum atomic E-state index is -0.465. The van der Waals surface area contributed by atoms with Crippen LogP contribution in [0.3, 0.4) is 0 Å². The Hall–Kier alpha value is -1.89. The number of nitrogen functional groups attached to an aromatic ring is 1. The van der Waals surface area contributed by atoms with Gasteiger partial charge in [-0.3, -0.25) is 10.1 Å². The van der Waals surface area contributed by atoms with Crippen LogP contribution in [0.2, 0.25) is 0 Å². The SMILES string of the molecule is CCC(C)CC(C)Nc1cc([N+](=O)[O-])cc(NN)n1. The first-order valence-corrected chi connectivity index (χ1v) is 6.35. The number of hydrogen-bond donors (Lipinski definition) is 3. The molecule has 0 fully saturated rings. The Morgan fingerprint density at radius 2 is 2.05 bits per heavy atom. The molecule has 7 heteroatoms. The number of anilines is 2. The fraction of sp³-hybridized carbons (Fsp3) is 0.583. The van der Waals surface area contributed by atoms with Gasteiger partial charge in [0, 0.05) is 6.04 Å². The van der Waals surface area contributed by atoms with E-state index >= 15 is 0 Å². The van der Waals surface area contributed by atoms with Crippen LogP contribution in [0.5, 0.6) is 0 Å². The smallest absolute Gasteiger partial charge is 0.276 e. The molecular formula is C12H21N5O2. The molecule has 0 aliphatic rings. The topological polar surface area (TPSA) is 106 Å². The number of pyridine rings is 1. The van der Waals surface area contributed by atoms with Crippen molar-refractivity contribution in [3.8, 4) is 0 Å². The van der Waals surface area contributed by atoms with Crippen LogP contribution < -0.4 is 16.6 Å². The molecule has 1 aromatic heterocycles. The van der Waals surface area contributed by atoms with Crippen LogP contribution in [0.15, 0.2) is 12.1 Å². The lowest BCUT2D eigenvalue weighted by atomic mass is 10.0. The van der Waals surface area contributed by atoms with Crippen molar-refractivity contribution in [1.29, 1.82) is 0 Å². The average Bonchev–Trinajstić information content (AvgIpc) is 2.37. The largest absolute Gasteiger partial charge is 0.367 e. The normalized spacial score (nSPS) is 13.7. The monoisotopic (exact) mass is 267 g/mol. The molecule has 0 aliphatic heterocycles. The predicted octanol–water partition coefficient (Wildman–Crippen LogP) is 2.51. The quantitative estimate of drug-likeness (QED) is 0.398. The van der Waals surface area contributed by atoms with E-state index in [1.54, 1.807) is 0 Å². The van der Waals surface area contributed by atoms with Gasteiger partial charge in [0.25, 0.3) is 5.69 Å². The summed E-state index contributed by atoms with van der Waals surface area (Å²) in [6.07, 6.45) is 2.08. The van der Waals surface area contributed by atoms with Crippen LogP contribution in [0.4, 0.5) is 17.3 Å². The third-order valence-electron chi connectivity index (χ3n) is 3.02. The first-order valence-electron chi connectivity index (χ1n) is 6.35. The number of aromatic nitrogens is 1. The van der Waals surface area contributed by atoms with E-state index in [2.05, 4.69) is 29.6 Å². The van der Waals surface area contributed by atoms with E-state index in [9.17, 15) is 10.1 Å². The van der Waals surface area contributed by atoms with E-state index in [0.717, 1.165) is 12.8 Å². The number of nitrogens with one attached hydrogen (secondary N) is 2. The summed E-state index contributed by atoms with van der Waals surface area (Å²) >= 11 is 0. The molecule has 0 bridgehead atoms. The van der Waals surface area contributed by atoms with Crippen LogP contribution in [0.1, 0.15) is 33.6 Å². The number of nitro groups is 1. The van der Waals surface area contributed by atoms with Crippen molar-refractivity contribution in [2.75, 3.05) is 10.7 Å².